The Labute approximate surface area is 107 Å². The SMILES string of the molecule is CC1CC(C(C)(C)C)C2=C1CC(C(C)(C)C)=C2. The van der Waals surface area contributed by atoms with E-state index >= 15 is 0 Å². The first-order valence-electron chi connectivity index (χ1n) is 7.04. The third-order valence-electron chi connectivity index (χ3n) is 4.65. The molecule has 0 aromatic heterocycles. The van der Waals surface area contributed by atoms with E-state index in [1.54, 1.807) is 16.7 Å². The van der Waals surface area contributed by atoms with Crippen molar-refractivity contribution in [2.45, 2.75) is 61.3 Å². The number of hydrogen-bond acceptors (Lipinski definition) is 0. The minimum atomic E-state index is 0.340. The Morgan fingerprint density at radius 1 is 1.06 bits per heavy atom. The van der Waals surface area contributed by atoms with Crippen molar-refractivity contribution in [3.63, 3.8) is 0 Å². The lowest BCUT2D eigenvalue weighted by molar-refractivity contribution is 0.267. The first-order valence-corrected chi connectivity index (χ1v) is 7.04. The molecule has 2 rings (SSSR count). The molecule has 2 aliphatic carbocycles. The summed E-state index contributed by atoms with van der Waals surface area (Å²) in [6.07, 6.45) is 5.14. The van der Waals surface area contributed by atoms with E-state index in [0.717, 1.165) is 11.8 Å². The zero-order valence-electron chi connectivity index (χ0n) is 12.6. The molecule has 0 amide bonds. The quantitative estimate of drug-likeness (QED) is 0.527. The molecule has 0 heterocycles. The van der Waals surface area contributed by atoms with Gasteiger partial charge in [-0.05, 0) is 41.1 Å². The monoisotopic (exact) mass is 232 g/mol. The van der Waals surface area contributed by atoms with Crippen molar-refractivity contribution in [1.29, 1.82) is 0 Å². The van der Waals surface area contributed by atoms with Crippen molar-refractivity contribution < 1.29 is 0 Å². The molecule has 2 unspecified atom stereocenters. The third-order valence-corrected chi connectivity index (χ3v) is 4.65. The fourth-order valence-corrected chi connectivity index (χ4v) is 3.35. The summed E-state index contributed by atoms with van der Waals surface area (Å²) in [5.74, 6) is 1.57. The average Bonchev–Trinajstić information content (AvgIpc) is 2.63. The largest absolute Gasteiger partial charge is 0.0605 e. The van der Waals surface area contributed by atoms with Gasteiger partial charge in [0, 0.05) is 0 Å². The first kappa shape index (κ1) is 12.9. The van der Waals surface area contributed by atoms with Crippen molar-refractivity contribution in [2.75, 3.05) is 0 Å². The molecule has 0 aliphatic heterocycles. The normalized spacial score (nSPS) is 29.7. The minimum absolute atomic E-state index is 0.340. The maximum Gasteiger partial charge on any atom is -0.00914 e. The molecule has 0 aromatic carbocycles. The predicted molar refractivity (Wildman–Crippen MR) is 75.9 cm³/mol. The summed E-state index contributed by atoms with van der Waals surface area (Å²) in [7, 11) is 0. The molecule has 0 radical (unpaired) electrons. The highest BCUT2D eigenvalue weighted by atomic mass is 14.4. The second kappa shape index (κ2) is 3.73. The summed E-state index contributed by atoms with van der Waals surface area (Å²) in [5, 5.41) is 0. The second-order valence-corrected chi connectivity index (χ2v) is 8.13. The van der Waals surface area contributed by atoms with E-state index in [9.17, 15) is 0 Å². The summed E-state index contributed by atoms with van der Waals surface area (Å²) in [5.41, 5.74) is 5.83. The average molecular weight is 232 g/mol. The van der Waals surface area contributed by atoms with Crippen molar-refractivity contribution in [2.24, 2.45) is 22.7 Å². The van der Waals surface area contributed by atoms with Gasteiger partial charge in [0.25, 0.3) is 0 Å². The maximum atomic E-state index is 2.54. The van der Waals surface area contributed by atoms with Crippen LogP contribution in [0.2, 0.25) is 0 Å². The van der Waals surface area contributed by atoms with Crippen LogP contribution in [0.15, 0.2) is 22.8 Å². The van der Waals surface area contributed by atoms with Gasteiger partial charge in [-0.25, -0.2) is 0 Å². The Morgan fingerprint density at radius 3 is 2.12 bits per heavy atom. The highest BCUT2D eigenvalue weighted by Gasteiger charge is 2.40. The molecule has 96 valence electrons. The van der Waals surface area contributed by atoms with E-state index in [4.69, 9.17) is 0 Å². The standard InChI is InChI=1S/C17H28/c1-11-8-15(17(5,6)7)14-10-12(9-13(11)14)16(2,3)4/h10-11,15H,8-9H2,1-7H3. The van der Waals surface area contributed by atoms with Gasteiger partial charge in [-0.1, -0.05) is 65.7 Å². The fourth-order valence-electron chi connectivity index (χ4n) is 3.35. The first-order chi connectivity index (χ1) is 7.60. The number of hydrogen-bond donors (Lipinski definition) is 0. The van der Waals surface area contributed by atoms with Gasteiger partial charge >= 0.3 is 0 Å². The Morgan fingerprint density at radius 2 is 1.65 bits per heavy atom. The molecule has 0 fully saturated rings. The Bertz CT molecular complexity index is 379. The third kappa shape index (κ3) is 2.23. The maximum absolute atomic E-state index is 2.54. The van der Waals surface area contributed by atoms with E-state index in [-0.39, 0.29) is 0 Å². The summed E-state index contributed by atoms with van der Waals surface area (Å²) < 4.78 is 0. The van der Waals surface area contributed by atoms with Gasteiger partial charge in [-0.3, -0.25) is 0 Å². The van der Waals surface area contributed by atoms with Crippen LogP contribution in [0.3, 0.4) is 0 Å². The topological polar surface area (TPSA) is 0 Å². The van der Waals surface area contributed by atoms with Gasteiger partial charge in [0.1, 0.15) is 0 Å². The van der Waals surface area contributed by atoms with Crippen molar-refractivity contribution in [1.82, 2.24) is 0 Å². The van der Waals surface area contributed by atoms with Gasteiger partial charge < -0.3 is 0 Å². The molecule has 0 nitrogen and oxygen atoms in total. The molecule has 17 heavy (non-hydrogen) atoms. The van der Waals surface area contributed by atoms with E-state index in [1.165, 1.54) is 12.8 Å². The summed E-state index contributed by atoms with van der Waals surface area (Å²) in [6, 6.07) is 0. The zero-order chi connectivity index (χ0) is 13.0. The van der Waals surface area contributed by atoms with E-state index in [1.807, 2.05) is 0 Å². The van der Waals surface area contributed by atoms with Crippen molar-refractivity contribution in [3.05, 3.63) is 22.8 Å². The predicted octanol–water partition coefficient (Wildman–Crippen LogP) is 5.36. The summed E-state index contributed by atoms with van der Waals surface area (Å²) in [6.45, 7) is 16.6. The lowest BCUT2D eigenvalue weighted by atomic mass is 9.75. The van der Waals surface area contributed by atoms with Crippen molar-refractivity contribution in [3.8, 4) is 0 Å². The minimum Gasteiger partial charge on any atom is -0.0605 e. The van der Waals surface area contributed by atoms with Crippen LogP contribution in [-0.4, -0.2) is 0 Å². The smallest absolute Gasteiger partial charge is 0.00914 e. The van der Waals surface area contributed by atoms with E-state index in [0.29, 0.717) is 10.8 Å². The lowest BCUT2D eigenvalue weighted by Crippen LogP contribution is -2.20. The fraction of sp³-hybridized carbons (Fsp3) is 0.765. The number of rotatable bonds is 0. The molecule has 0 spiro atoms. The van der Waals surface area contributed by atoms with E-state index < -0.39 is 0 Å². The van der Waals surface area contributed by atoms with Gasteiger partial charge in [0.2, 0.25) is 0 Å². The summed E-state index contributed by atoms with van der Waals surface area (Å²) in [4.78, 5) is 0. The molecule has 2 aliphatic rings. The lowest BCUT2D eigenvalue weighted by Gasteiger charge is -2.30. The molecule has 0 N–H and O–H groups in total. The molecule has 0 heteroatoms. The van der Waals surface area contributed by atoms with Crippen LogP contribution >= 0.6 is 0 Å². The van der Waals surface area contributed by atoms with Gasteiger partial charge in [-0.15, -0.1) is 0 Å². The Kier molecular flexibility index (Phi) is 2.84. The highest BCUT2D eigenvalue weighted by Crippen LogP contribution is 2.53. The molecule has 0 saturated heterocycles. The van der Waals surface area contributed by atoms with Crippen molar-refractivity contribution >= 4 is 0 Å². The molecule has 0 aromatic rings. The van der Waals surface area contributed by atoms with E-state index in [2.05, 4.69) is 54.5 Å². The van der Waals surface area contributed by atoms with Crippen LogP contribution in [0.5, 0.6) is 0 Å². The van der Waals surface area contributed by atoms with Gasteiger partial charge in [0.05, 0.1) is 0 Å². The second-order valence-electron chi connectivity index (χ2n) is 8.13. The van der Waals surface area contributed by atoms with Crippen LogP contribution in [0, 0.1) is 22.7 Å². The Hall–Kier alpha value is -0.520. The molecular weight excluding hydrogens is 204 g/mol. The van der Waals surface area contributed by atoms with Crippen LogP contribution < -0.4 is 0 Å². The van der Waals surface area contributed by atoms with Crippen LogP contribution in [0.25, 0.3) is 0 Å². The van der Waals surface area contributed by atoms with Crippen LogP contribution in [0.1, 0.15) is 61.3 Å². The Balaban J connectivity index is 2.32. The van der Waals surface area contributed by atoms with Gasteiger partial charge in [0.15, 0.2) is 0 Å². The highest BCUT2D eigenvalue weighted by molar-refractivity contribution is 5.47. The van der Waals surface area contributed by atoms with Crippen LogP contribution in [-0.2, 0) is 0 Å². The van der Waals surface area contributed by atoms with Crippen LogP contribution in [0.4, 0.5) is 0 Å². The molecule has 0 saturated carbocycles. The molecule has 0 bridgehead atoms. The van der Waals surface area contributed by atoms with Gasteiger partial charge in [-0.2, -0.15) is 0 Å². The molecular formula is C17H28. The summed E-state index contributed by atoms with van der Waals surface area (Å²) >= 11 is 0. The number of allylic oxidation sites excluding steroid dienone is 4. The molecule has 2 atom stereocenters. The zero-order valence-corrected chi connectivity index (χ0v) is 12.6.